The average molecular weight is 336 g/mol. The van der Waals surface area contributed by atoms with Gasteiger partial charge >= 0.3 is 0 Å². The summed E-state index contributed by atoms with van der Waals surface area (Å²) in [5.74, 6) is 2.17. The Bertz CT molecular complexity index is 730. The van der Waals surface area contributed by atoms with Crippen molar-refractivity contribution in [3.8, 4) is 11.5 Å². The molecule has 0 aromatic heterocycles. The Morgan fingerprint density at radius 1 is 0.840 bits per heavy atom. The van der Waals surface area contributed by atoms with Crippen LogP contribution >= 0.6 is 0 Å². The summed E-state index contributed by atoms with van der Waals surface area (Å²) >= 11 is 0. The molecule has 0 spiro atoms. The number of hydrogen-bond acceptors (Lipinski definition) is 2. The van der Waals surface area contributed by atoms with Crippen LogP contribution in [0.5, 0.6) is 11.5 Å². The first-order valence-corrected chi connectivity index (χ1v) is 8.68. The highest BCUT2D eigenvalue weighted by Crippen LogP contribution is 2.32. The molecule has 2 heteroatoms. The van der Waals surface area contributed by atoms with Gasteiger partial charge < -0.3 is 9.47 Å². The van der Waals surface area contributed by atoms with Gasteiger partial charge in [0.05, 0.1) is 0 Å². The quantitative estimate of drug-likeness (QED) is 0.527. The summed E-state index contributed by atoms with van der Waals surface area (Å²) in [4.78, 5) is 0. The number of ether oxygens (including phenoxy) is 2. The van der Waals surface area contributed by atoms with Crippen LogP contribution in [0.15, 0.2) is 72.8 Å². The van der Waals surface area contributed by atoms with Crippen LogP contribution in [0.1, 0.15) is 37.8 Å². The molecule has 25 heavy (non-hydrogen) atoms. The third kappa shape index (κ3) is 5.82. The zero-order valence-electron chi connectivity index (χ0n) is 15.5. The van der Waals surface area contributed by atoms with Gasteiger partial charge in [0.15, 0.2) is 0 Å². The first-order chi connectivity index (χ1) is 12.0. The highest BCUT2D eigenvalue weighted by molar-refractivity contribution is 5.40. The van der Waals surface area contributed by atoms with Gasteiger partial charge in [0.25, 0.3) is 0 Å². The highest BCUT2D eigenvalue weighted by atomic mass is 16.5. The molecule has 0 saturated heterocycles. The Balaban J connectivity index is 2.16. The minimum absolute atomic E-state index is 0.316. The van der Waals surface area contributed by atoms with Crippen LogP contribution in [0.3, 0.4) is 0 Å². The maximum absolute atomic E-state index is 5.92. The summed E-state index contributed by atoms with van der Waals surface area (Å²) < 4.78 is 11.8. The van der Waals surface area contributed by atoms with Crippen molar-refractivity contribution in [3.05, 3.63) is 84.0 Å². The fraction of sp³-hybridized carbons (Fsp3) is 0.304. The van der Waals surface area contributed by atoms with E-state index < -0.39 is 0 Å². The van der Waals surface area contributed by atoms with Gasteiger partial charge in [-0.15, -0.1) is 0 Å². The van der Waals surface area contributed by atoms with E-state index >= 15 is 0 Å². The molecular formula is C23H28O2. The number of benzene rings is 2. The van der Waals surface area contributed by atoms with Crippen LogP contribution in [0.25, 0.3) is 0 Å². The Morgan fingerprint density at radius 3 is 2.00 bits per heavy atom. The number of hydrogen-bond donors (Lipinski definition) is 0. The topological polar surface area (TPSA) is 18.5 Å². The van der Waals surface area contributed by atoms with Gasteiger partial charge in [-0.3, -0.25) is 0 Å². The fourth-order valence-electron chi connectivity index (χ4n) is 2.67. The van der Waals surface area contributed by atoms with E-state index in [1.54, 1.807) is 0 Å². The van der Waals surface area contributed by atoms with Crippen molar-refractivity contribution in [1.82, 2.24) is 0 Å². The Labute approximate surface area is 151 Å². The largest absolute Gasteiger partial charge is 0.489 e. The molecule has 0 heterocycles. The van der Waals surface area contributed by atoms with E-state index in [-0.39, 0.29) is 0 Å². The van der Waals surface area contributed by atoms with Gasteiger partial charge in [-0.2, -0.15) is 0 Å². The predicted molar refractivity (Wildman–Crippen MR) is 106 cm³/mol. The van der Waals surface area contributed by atoms with E-state index in [0.29, 0.717) is 19.1 Å². The molecule has 0 aliphatic rings. The normalized spacial score (nSPS) is 11.6. The molecule has 0 bridgehead atoms. The average Bonchev–Trinajstić information content (AvgIpc) is 2.59. The van der Waals surface area contributed by atoms with Gasteiger partial charge in [0.1, 0.15) is 24.7 Å². The van der Waals surface area contributed by atoms with Crippen LogP contribution < -0.4 is 9.47 Å². The lowest BCUT2D eigenvalue weighted by molar-refractivity contribution is 0.343. The Kier molecular flexibility index (Phi) is 6.88. The molecule has 0 aliphatic carbocycles. The maximum Gasteiger partial charge on any atom is 0.123 e. The first-order valence-electron chi connectivity index (χ1n) is 8.68. The van der Waals surface area contributed by atoms with Gasteiger partial charge in [0.2, 0.25) is 0 Å². The van der Waals surface area contributed by atoms with Crippen molar-refractivity contribution in [2.24, 2.45) is 0 Å². The minimum Gasteiger partial charge on any atom is -0.489 e. The van der Waals surface area contributed by atoms with Crippen molar-refractivity contribution in [3.63, 3.8) is 0 Å². The van der Waals surface area contributed by atoms with Gasteiger partial charge in [-0.1, -0.05) is 56.5 Å². The SMILES string of the molecule is C=C(C)COc1ccccc1CC(C)c1ccccc1OCC(=C)C. The molecule has 1 unspecified atom stereocenters. The van der Waals surface area contributed by atoms with Crippen molar-refractivity contribution >= 4 is 0 Å². The lowest BCUT2D eigenvalue weighted by atomic mass is 9.92. The van der Waals surface area contributed by atoms with Crippen molar-refractivity contribution in [2.75, 3.05) is 13.2 Å². The van der Waals surface area contributed by atoms with Crippen LogP contribution in [0.4, 0.5) is 0 Å². The number of rotatable bonds is 9. The molecule has 2 aromatic carbocycles. The summed E-state index contributed by atoms with van der Waals surface area (Å²) in [6.45, 7) is 15.1. The van der Waals surface area contributed by atoms with Crippen molar-refractivity contribution in [2.45, 2.75) is 33.1 Å². The maximum atomic E-state index is 5.92. The summed E-state index contributed by atoms with van der Waals surface area (Å²) in [7, 11) is 0. The number of para-hydroxylation sites is 2. The van der Waals surface area contributed by atoms with Crippen LogP contribution in [-0.2, 0) is 6.42 Å². The van der Waals surface area contributed by atoms with E-state index in [4.69, 9.17) is 9.47 Å². The first kappa shape index (κ1) is 18.9. The van der Waals surface area contributed by atoms with Gasteiger partial charge in [-0.05, 0) is 60.6 Å². The molecule has 1 atom stereocenters. The summed E-state index contributed by atoms with van der Waals surface area (Å²) in [6.07, 6.45) is 0.889. The minimum atomic E-state index is 0.316. The van der Waals surface area contributed by atoms with E-state index in [9.17, 15) is 0 Å². The summed E-state index contributed by atoms with van der Waals surface area (Å²) in [5, 5.41) is 0. The lowest BCUT2D eigenvalue weighted by Crippen LogP contribution is -2.06. The molecule has 2 rings (SSSR count). The molecule has 0 saturated carbocycles. The summed E-state index contributed by atoms with van der Waals surface area (Å²) in [5.41, 5.74) is 4.44. The van der Waals surface area contributed by atoms with Crippen molar-refractivity contribution < 1.29 is 9.47 Å². The van der Waals surface area contributed by atoms with Crippen LogP contribution in [0, 0.1) is 0 Å². The van der Waals surface area contributed by atoms with Crippen molar-refractivity contribution in [1.29, 1.82) is 0 Å². The third-order valence-electron chi connectivity index (χ3n) is 3.90. The Morgan fingerprint density at radius 2 is 1.36 bits per heavy atom. The second-order valence-corrected chi connectivity index (χ2v) is 6.74. The Hall–Kier alpha value is -2.48. The zero-order valence-corrected chi connectivity index (χ0v) is 15.5. The molecule has 132 valence electrons. The molecule has 2 aromatic rings. The van der Waals surface area contributed by atoms with Crippen LogP contribution in [-0.4, -0.2) is 13.2 Å². The van der Waals surface area contributed by atoms with E-state index in [1.807, 2.05) is 38.1 Å². The van der Waals surface area contributed by atoms with Gasteiger partial charge in [0, 0.05) is 0 Å². The van der Waals surface area contributed by atoms with E-state index in [1.165, 1.54) is 11.1 Å². The summed E-state index contributed by atoms with van der Waals surface area (Å²) in [6, 6.07) is 16.4. The molecule has 0 amide bonds. The molecule has 0 radical (unpaired) electrons. The van der Waals surface area contributed by atoms with Crippen LogP contribution in [0.2, 0.25) is 0 Å². The molecular weight excluding hydrogens is 308 g/mol. The lowest BCUT2D eigenvalue weighted by Gasteiger charge is -2.19. The van der Waals surface area contributed by atoms with E-state index in [0.717, 1.165) is 29.1 Å². The fourth-order valence-corrected chi connectivity index (χ4v) is 2.67. The molecule has 0 fully saturated rings. The standard InChI is InChI=1S/C23H28O2/c1-17(2)15-24-22-12-8-6-10-20(22)14-19(5)21-11-7-9-13-23(21)25-16-18(3)4/h6-13,19H,1,3,14-16H2,2,4-5H3. The van der Waals surface area contributed by atoms with E-state index in [2.05, 4.69) is 44.3 Å². The monoisotopic (exact) mass is 336 g/mol. The molecule has 2 nitrogen and oxygen atoms in total. The zero-order chi connectivity index (χ0) is 18.2. The second kappa shape index (κ2) is 9.12. The van der Waals surface area contributed by atoms with Gasteiger partial charge in [-0.25, -0.2) is 0 Å². The predicted octanol–water partition coefficient (Wildman–Crippen LogP) is 5.94. The molecule has 0 N–H and O–H groups in total. The smallest absolute Gasteiger partial charge is 0.123 e. The second-order valence-electron chi connectivity index (χ2n) is 6.74. The third-order valence-corrected chi connectivity index (χ3v) is 3.90. The highest BCUT2D eigenvalue weighted by Gasteiger charge is 2.14. The molecule has 0 aliphatic heterocycles.